The van der Waals surface area contributed by atoms with Gasteiger partial charge in [-0.15, -0.1) is 11.6 Å². The summed E-state index contributed by atoms with van der Waals surface area (Å²) >= 11 is 6.26. The average Bonchev–Trinajstić information content (AvgIpc) is 2.03. The van der Waals surface area contributed by atoms with Crippen LogP contribution in [0.4, 0.5) is 0 Å². The highest BCUT2D eigenvalue weighted by Crippen LogP contribution is 2.23. The lowest BCUT2D eigenvalue weighted by Gasteiger charge is -2.16. The lowest BCUT2D eigenvalue weighted by atomic mass is 10.1. The fraction of sp³-hybridized carbons (Fsp3) is 0.455. The third-order valence-electron chi connectivity index (χ3n) is 2.05. The smallest absolute Gasteiger partial charge is 0.0714 e. The maximum absolute atomic E-state index is 6.26. The van der Waals surface area contributed by atoms with Crippen LogP contribution < -0.4 is 0 Å². The summed E-state index contributed by atoms with van der Waals surface area (Å²) in [5.74, 6) is 0. The summed E-state index contributed by atoms with van der Waals surface area (Å²) in [6.45, 7) is 2.98. The average molecular weight is 198 g/mol. The van der Waals surface area contributed by atoms with Crippen molar-refractivity contribution in [3.8, 4) is 0 Å². The fourth-order valence-corrected chi connectivity index (χ4v) is 1.88. The number of likely N-dealkylation sites (N-methyl/N-ethyl adjacent to an activating group) is 1. The summed E-state index contributed by atoms with van der Waals surface area (Å²) in [5.41, 5.74) is 2.50. The Balaban J connectivity index is 2.76. The molecule has 0 heterocycles. The van der Waals surface area contributed by atoms with Crippen LogP contribution in [-0.2, 0) is 0 Å². The maximum atomic E-state index is 6.26. The van der Waals surface area contributed by atoms with Crippen LogP contribution in [-0.4, -0.2) is 25.5 Å². The molecule has 72 valence electrons. The van der Waals surface area contributed by atoms with Gasteiger partial charge in [0.15, 0.2) is 0 Å². The van der Waals surface area contributed by atoms with Crippen molar-refractivity contribution >= 4 is 11.6 Å². The second kappa shape index (κ2) is 4.64. The molecule has 0 aliphatic heterocycles. The molecule has 2 heteroatoms. The van der Waals surface area contributed by atoms with Gasteiger partial charge in [-0.3, -0.25) is 0 Å². The second-order valence-electron chi connectivity index (χ2n) is 3.59. The van der Waals surface area contributed by atoms with Gasteiger partial charge in [-0.05, 0) is 32.1 Å². The molecule has 0 N–H and O–H groups in total. The van der Waals surface area contributed by atoms with E-state index in [9.17, 15) is 0 Å². The lowest BCUT2D eigenvalue weighted by molar-refractivity contribution is 0.407. The minimum Gasteiger partial charge on any atom is -0.308 e. The van der Waals surface area contributed by atoms with Crippen LogP contribution >= 0.6 is 11.6 Å². The summed E-state index contributed by atoms with van der Waals surface area (Å²) in [6.07, 6.45) is 0. The van der Waals surface area contributed by atoms with Crippen LogP contribution in [0.2, 0.25) is 0 Å². The first-order chi connectivity index (χ1) is 6.11. The third kappa shape index (κ3) is 3.02. The number of hydrogen-bond acceptors (Lipinski definition) is 1. The van der Waals surface area contributed by atoms with Gasteiger partial charge >= 0.3 is 0 Å². The molecule has 0 amide bonds. The number of alkyl halides is 1. The minimum absolute atomic E-state index is 0.0937. The Bertz CT molecular complexity index is 271. The molecular formula is C11H16ClN. The maximum Gasteiger partial charge on any atom is 0.0714 e. The van der Waals surface area contributed by atoms with Crippen molar-refractivity contribution in [3.63, 3.8) is 0 Å². The zero-order chi connectivity index (χ0) is 9.84. The predicted octanol–water partition coefficient (Wildman–Crippen LogP) is 2.84. The highest BCUT2D eigenvalue weighted by molar-refractivity contribution is 6.21. The van der Waals surface area contributed by atoms with Crippen LogP contribution in [0.25, 0.3) is 0 Å². The van der Waals surface area contributed by atoms with Gasteiger partial charge in [0.2, 0.25) is 0 Å². The third-order valence-corrected chi connectivity index (χ3v) is 2.42. The van der Waals surface area contributed by atoms with E-state index in [-0.39, 0.29) is 5.38 Å². The second-order valence-corrected chi connectivity index (χ2v) is 4.11. The van der Waals surface area contributed by atoms with E-state index in [1.165, 1.54) is 11.1 Å². The van der Waals surface area contributed by atoms with Crippen molar-refractivity contribution in [1.82, 2.24) is 4.90 Å². The van der Waals surface area contributed by atoms with Crippen molar-refractivity contribution in [2.75, 3.05) is 20.6 Å². The molecule has 1 rings (SSSR count). The highest BCUT2D eigenvalue weighted by atomic mass is 35.5. The van der Waals surface area contributed by atoms with Crippen LogP contribution in [0.1, 0.15) is 16.5 Å². The molecule has 1 aromatic rings. The molecule has 0 bridgehead atoms. The van der Waals surface area contributed by atoms with Gasteiger partial charge in [0, 0.05) is 6.54 Å². The molecule has 1 nitrogen and oxygen atoms in total. The van der Waals surface area contributed by atoms with Crippen LogP contribution in [0.15, 0.2) is 24.3 Å². The number of hydrogen-bond donors (Lipinski definition) is 0. The van der Waals surface area contributed by atoms with Gasteiger partial charge in [0.05, 0.1) is 5.38 Å². The quantitative estimate of drug-likeness (QED) is 0.674. The molecule has 1 atom stereocenters. The Morgan fingerprint density at radius 3 is 2.46 bits per heavy atom. The summed E-state index contributed by atoms with van der Waals surface area (Å²) < 4.78 is 0. The monoisotopic (exact) mass is 197 g/mol. The molecule has 0 radical (unpaired) electrons. The molecule has 0 saturated heterocycles. The van der Waals surface area contributed by atoms with E-state index in [1.54, 1.807) is 0 Å². The number of benzene rings is 1. The van der Waals surface area contributed by atoms with Crippen LogP contribution in [0, 0.1) is 6.92 Å². The first-order valence-electron chi connectivity index (χ1n) is 4.45. The zero-order valence-corrected chi connectivity index (χ0v) is 9.17. The van der Waals surface area contributed by atoms with E-state index in [1.807, 2.05) is 26.2 Å². The summed E-state index contributed by atoms with van der Waals surface area (Å²) in [5, 5.41) is 0.0937. The Morgan fingerprint density at radius 1 is 1.31 bits per heavy atom. The number of halogens is 1. The van der Waals surface area contributed by atoms with Gasteiger partial charge in [0.1, 0.15) is 0 Å². The zero-order valence-electron chi connectivity index (χ0n) is 8.42. The number of nitrogens with zero attached hydrogens (tertiary/aromatic N) is 1. The summed E-state index contributed by atoms with van der Waals surface area (Å²) in [4.78, 5) is 2.10. The highest BCUT2D eigenvalue weighted by Gasteiger charge is 2.10. The van der Waals surface area contributed by atoms with E-state index in [2.05, 4.69) is 24.0 Å². The molecule has 0 saturated carbocycles. The molecule has 0 spiro atoms. The van der Waals surface area contributed by atoms with E-state index >= 15 is 0 Å². The topological polar surface area (TPSA) is 3.24 Å². The SMILES string of the molecule is Cc1ccccc1[C@H](Cl)CN(C)C. The van der Waals surface area contributed by atoms with Gasteiger partial charge in [-0.25, -0.2) is 0 Å². The minimum atomic E-state index is 0.0937. The Kier molecular flexibility index (Phi) is 3.76. The molecular weight excluding hydrogens is 182 g/mol. The van der Waals surface area contributed by atoms with Gasteiger partial charge in [-0.1, -0.05) is 24.3 Å². The number of rotatable bonds is 3. The normalized spacial score (nSPS) is 13.3. The Hall–Kier alpha value is -0.530. The standard InChI is InChI=1S/C11H16ClN/c1-9-6-4-5-7-10(9)11(12)8-13(2)3/h4-7,11H,8H2,1-3H3/t11-/m1/s1. The molecule has 13 heavy (non-hydrogen) atoms. The van der Waals surface area contributed by atoms with E-state index in [0.29, 0.717) is 0 Å². The molecule has 0 aromatic heterocycles. The molecule has 0 aliphatic carbocycles. The molecule has 1 aromatic carbocycles. The Labute approximate surface area is 85.3 Å². The van der Waals surface area contributed by atoms with Gasteiger partial charge < -0.3 is 4.90 Å². The molecule has 0 aliphatic rings. The first-order valence-corrected chi connectivity index (χ1v) is 4.89. The first kappa shape index (κ1) is 10.6. The summed E-state index contributed by atoms with van der Waals surface area (Å²) in [6, 6.07) is 8.27. The van der Waals surface area contributed by atoms with Gasteiger partial charge in [0.25, 0.3) is 0 Å². The fourth-order valence-electron chi connectivity index (χ4n) is 1.36. The van der Waals surface area contributed by atoms with Crippen molar-refractivity contribution in [2.45, 2.75) is 12.3 Å². The van der Waals surface area contributed by atoms with Crippen LogP contribution in [0.5, 0.6) is 0 Å². The van der Waals surface area contributed by atoms with Crippen molar-refractivity contribution in [3.05, 3.63) is 35.4 Å². The number of aryl methyl sites for hydroxylation is 1. The summed E-state index contributed by atoms with van der Waals surface area (Å²) in [7, 11) is 4.07. The molecule has 0 fully saturated rings. The van der Waals surface area contributed by atoms with Crippen molar-refractivity contribution in [2.24, 2.45) is 0 Å². The molecule has 0 unspecified atom stereocenters. The van der Waals surface area contributed by atoms with Gasteiger partial charge in [-0.2, -0.15) is 0 Å². The largest absolute Gasteiger partial charge is 0.308 e. The van der Waals surface area contributed by atoms with E-state index in [4.69, 9.17) is 11.6 Å². The van der Waals surface area contributed by atoms with Crippen molar-refractivity contribution < 1.29 is 0 Å². The Morgan fingerprint density at radius 2 is 1.92 bits per heavy atom. The van der Waals surface area contributed by atoms with Crippen LogP contribution in [0.3, 0.4) is 0 Å². The predicted molar refractivity (Wildman–Crippen MR) is 58.3 cm³/mol. The van der Waals surface area contributed by atoms with E-state index in [0.717, 1.165) is 6.54 Å². The lowest BCUT2D eigenvalue weighted by Crippen LogP contribution is -2.17. The van der Waals surface area contributed by atoms with Crippen molar-refractivity contribution in [1.29, 1.82) is 0 Å². The van der Waals surface area contributed by atoms with E-state index < -0.39 is 0 Å².